The van der Waals surface area contributed by atoms with Gasteiger partial charge in [0.25, 0.3) is 0 Å². The normalized spacial score (nSPS) is 11.4. The molecule has 0 aromatic heterocycles. The average Bonchev–Trinajstić information content (AvgIpc) is 2.07. The summed E-state index contributed by atoms with van der Waals surface area (Å²) in [5, 5.41) is 9.47. The summed E-state index contributed by atoms with van der Waals surface area (Å²) in [4.78, 5) is 11.5. The summed E-state index contributed by atoms with van der Waals surface area (Å²) in [6, 6.07) is 7.51. The third-order valence-corrected chi connectivity index (χ3v) is 2.76. The van der Waals surface area contributed by atoms with Crippen LogP contribution in [0, 0.1) is 0 Å². The Morgan fingerprint density at radius 1 is 1.43 bits per heavy atom. The minimum absolute atomic E-state index is 0.176. The van der Waals surface area contributed by atoms with Crippen molar-refractivity contribution < 1.29 is 9.90 Å². The Labute approximate surface area is 92.1 Å². The molecule has 14 heavy (non-hydrogen) atoms. The van der Waals surface area contributed by atoms with E-state index in [9.17, 15) is 9.90 Å². The van der Waals surface area contributed by atoms with E-state index in [0.717, 1.165) is 10.0 Å². The van der Waals surface area contributed by atoms with Gasteiger partial charge in [-0.05, 0) is 25.5 Å². The van der Waals surface area contributed by atoms with Gasteiger partial charge in [0.1, 0.15) is 5.60 Å². The number of benzene rings is 1. The van der Waals surface area contributed by atoms with Crippen molar-refractivity contribution in [3.8, 4) is 0 Å². The third kappa shape index (κ3) is 2.93. The van der Waals surface area contributed by atoms with Gasteiger partial charge >= 0.3 is 0 Å². The third-order valence-electron chi connectivity index (χ3n) is 1.99. The maximum Gasteiger partial charge on any atom is 0.168 e. The summed E-state index contributed by atoms with van der Waals surface area (Å²) in [6.45, 7) is 3.01. The molecule has 1 aromatic rings. The van der Waals surface area contributed by atoms with Gasteiger partial charge in [0.05, 0.1) is 0 Å². The lowest BCUT2D eigenvalue weighted by atomic mass is 9.97. The van der Waals surface area contributed by atoms with Gasteiger partial charge in [0, 0.05) is 10.9 Å². The quantitative estimate of drug-likeness (QED) is 0.902. The Bertz CT molecular complexity index is 339. The summed E-state index contributed by atoms with van der Waals surface area (Å²) < 4.78 is 0.901. The lowest BCUT2D eigenvalue weighted by molar-refractivity contribution is -0.133. The van der Waals surface area contributed by atoms with Crippen molar-refractivity contribution in [2.75, 3.05) is 0 Å². The smallest absolute Gasteiger partial charge is 0.168 e. The topological polar surface area (TPSA) is 37.3 Å². The van der Waals surface area contributed by atoms with E-state index in [0.29, 0.717) is 0 Å². The molecule has 1 rings (SSSR count). The van der Waals surface area contributed by atoms with E-state index < -0.39 is 5.60 Å². The molecule has 3 heteroatoms. The average molecular weight is 257 g/mol. The van der Waals surface area contributed by atoms with Crippen molar-refractivity contribution >= 4 is 21.7 Å². The predicted octanol–water partition coefficient (Wildman–Crippen LogP) is 2.33. The van der Waals surface area contributed by atoms with Gasteiger partial charge in [-0.25, -0.2) is 0 Å². The lowest BCUT2D eigenvalue weighted by Crippen LogP contribution is -2.32. The number of hydrogen-bond acceptors (Lipinski definition) is 2. The molecule has 2 nitrogen and oxygen atoms in total. The standard InChI is InChI=1S/C11H13BrO2/c1-11(2,14)10(13)7-8-5-3-4-6-9(8)12/h3-6,14H,7H2,1-2H3. The van der Waals surface area contributed by atoms with Crippen LogP contribution >= 0.6 is 15.9 Å². The second kappa shape index (κ2) is 4.24. The Hall–Kier alpha value is -0.670. The maximum absolute atomic E-state index is 11.5. The highest BCUT2D eigenvalue weighted by molar-refractivity contribution is 9.10. The Morgan fingerprint density at radius 3 is 2.50 bits per heavy atom. The Morgan fingerprint density at radius 2 is 2.00 bits per heavy atom. The summed E-state index contributed by atoms with van der Waals surface area (Å²) in [6.07, 6.45) is 0.255. The number of carbonyl (C=O) groups excluding carboxylic acids is 1. The zero-order chi connectivity index (χ0) is 10.8. The van der Waals surface area contributed by atoms with E-state index in [-0.39, 0.29) is 12.2 Å². The number of rotatable bonds is 3. The monoisotopic (exact) mass is 256 g/mol. The van der Waals surface area contributed by atoms with Gasteiger partial charge in [0.15, 0.2) is 5.78 Å². The fourth-order valence-corrected chi connectivity index (χ4v) is 1.46. The number of aliphatic hydroxyl groups is 1. The van der Waals surface area contributed by atoms with Crippen LogP contribution in [0.2, 0.25) is 0 Å². The zero-order valence-electron chi connectivity index (χ0n) is 8.25. The molecule has 0 atom stereocenters. The zero-order valence-corrected chi connectivity index (χ0v) is 9.84. The van der Waals surface area contributed by atoms with Crippen molar-refractivity contribution in [2.24, 2.45) is 0 Å². The molecule has 0 saturated carbocycles. The van der Waals surface area contributed by atoms with Crippen molar-refractivity contribution in [1.82, 2.24) is 0 Å². The molecule has 0 aliphatic carbocycles. The van der Waals surface area contributed by atoms with E-state index in [1.165, 1.54) is 13.8 Å². The van der Waals surface area contributed by atoms with Gasteiger partial charge in [-0.1, -0.05) is 34.1 Å². The molecule has 1 N–H and O–H groups in total. The van der Waals surface area contributed by atoms with Crippen LogP contribution in [0.15, 0.2) is 28.7 Å². The summed E-state index contributed by atoms with van der Waals surface area (Å²) >= 11 is 3.36. The molecular formula is C11H13BrO2. The molecular weight excluding hydrogens is 244 g/mol. The van der Waals surface area contributed by atoms with Crippen LogP contribution in [-0.2, 0) is 11.2 Å². The fraction of sp³-hybridized carbons (Fsp3) is 0.364. The highest BCUT2D eigenvalue weighted by Gasteiger charge is 2.23. The number of halogens is 1. The number of hydrogen-bond donors (Lipinski definition) is 1. The number of ketones is 1. The van der Waals surface area contributed by atoms with Crippen LogP contribution in [0.5, 0.6) is 0 Å². The molecule has 0 aliphatic heterocycles. The molecule has 0 aliphatic rings. The van der Waals surface area contributed by atoms with E-state index in [2.05, 4.69) is 15.9 Å². The molecule has 0 spiro atoms. The van der Waals surface area contributed by atoms with Crippen LogP contribution in [0.25, 0.3) is 0 Å². The molecule has 0 radical (unpaired) electrons. The van der Waals surface area contributed by atoms with Crippen LogP contribution in [0.3, 0.4) is 0 Å². The number of Topliss-reactive ketones (excluding diaryl/α,β-unsaturated/α-hetero) is 1. The van der Waals surface area contributed by atoms with Gasteiger partial charge in [0.2, 0.25) is 0 Å². The van der Waals surface area contributed by atoms with Crippen LogP contribution in [0.4, 0.5) is 0 Å². The minimum atomic E-state index is -1.25. The fourth-order valence-electron chi connectivity index (χ4n) is 1.03. The van der Waals surface area contributed by atoms with Gasteiger partial charge < -0.3 is 5.11 Å². The largest absolute Gasteiger partial charge is 0.383 e. The molecule has 0 bridgehead atoms. The van der Waals surface area contributed by atoms with Crippen LogP contribution in [0.1, 0.15) is 19.4 Å². The summed E-state index contributed by atoms with van der Waals surface area (Å²) in [5.74, 6) is -0.176. The first kappa shape index (κ1) is 11.4. The molecule has 76 valence electrons. The predicted molar refractivity (Wildman–Crippen MR) is 59.2 cm³/mol. The molecule has 0 unspecified atom stereocenters. The Balaban J connectivity index is 2.80. The first-order chi connectivity index (χ1) is 6.41. The Kier molecular flexibility index (Phi) is 3.45. The molecule has 0 heterocycles. The van der Waals surface area contributed by atoms with Crippen molar-refractivity contribution in [2.45, 2.75) is 25.9 Å². The van der Waals surface area contributed by atoms with Crippen molar-refractivity contribution in [1.29, 1.82) is 0 Å². The SMILES string of the molecule is CC(C)(O)C(=O)Cc1ccccc1Br. The summed E-state index contributed by atoms with van der Waals surface area (Å²) in [5.41, 5.74) is -0.352. The van der Waals surface area contributed by atoms with E-state index in [1.807, 2.05) is 24.3 Å². The highest BCUT2D eigenvalue weighted by Crippen LogP contribution is 2.18. The van der Waals surface area contributed by atoms with Gasteiger partial charge in [-0.3, -0.25) is 4.79 Å². The molecule has 0 saturated heterocycles. The van der Waals surface area contributed by atoms with Crippen LogP contribution in [-0.4, -0.2) is 16.5 Å². The lowest BCUT2D eigenvalue weighted by Gasteiger charge is -2.15. The van der Waals surface area contributed by atoms with E-state index in [1.54, 1.807) is 0 Å². The highest BCUT2D eigenvalue weighted by atomic mass is 79.9. The minimum Gasteiger partial charge on any atom is -0.383 e. The second-order valence-electron chi connectivity index (χ2n) is 3.75. The van der Waals surface area contributed by atoms with Gasteiger partial charge in [-0.2, -0.15) is 0 Å². The molecule has 0 fully saturated rings. The van der Waals surface area contributed by atoms with Gasteiger partial charge in [-0.15, -0.1) is 0 Å². The van der Waals surface area contributed by atoms with Crippen molar-refractivity contribution in [3.63, 3.8) is 0 Å². The molecule has 1 aromatic carbocycles. The van der Waals surface area contributed by atoms with E-state index in [4.69, 9.17) is 0 Å². The first-order valence-electron chi connectivity index (χ1n) is 4.40. The molecule has 0 amide bonds. The van der Waals surface area contributed by atoms with E-state index >= 15 is 0 Å². The number of carbonyl (C=O) groups is 1. The first-order valence-corrected chi connectivity index (χ1v) is 5.19. The second-order valence-corrected chi connectivity index (χ2v) is 4.60. The summed E-state index contributed by atoms with van der Waals surface area (Å²) in [7, 11) is 0. The van der Waals surface area contributed by atoms with Crippen molar-refractivity contribution in [3.05, 3.63) is 34.3 Å². The maximum atomic E-state index is 11.5. The van der Waals surface area contributed by atoms with Crippen LogP contribution < -0.4 is 0 Å².